The Morgan fingerprint density at radius 2 is 2.00 bits per heavy atom. The molecular weight excluding hydrogens is 294 g/mol. The van der Waals surface area contributed by atoms with E-state index in [4.69, 9.17) is 4.74 Å². The topological polar surface area (TPSA) is 63.6 Å². The summed E-state index contributed by atoms with van der Waals surface area (Å²) in [7, 11) is 0. The summed E-state index contributed by atoms with van der Waals surface area (Å²) in [6.07, 6.45) is 3.56. The lowest BCUT2D eigenvalue weighted by Gasteiger charge is -2.41. The van der Waals surface area contributed by atoms with E-state index in [0.717, 1.165) is 18.5 Å². The Balaban J connectivity index is 1.87. The molecule has 1 aromatic heterocycles. The SMILES string of the molecule is CC1c2cccn2CC(C(=O)NC2CC2)N1C(=O)OC(C)(C)C. The quantitative estimate of drug-likeness (QED) is 0.910. The maximum atomic E-state index is 12.7. The Morgan fingerprint density at radius 3 is 2.61 bits per heavy atom. The predicted molar refractivity (Wildman–Crippen MR) is 85.9 cm³/mol. The molecule has 6 nitrogen and oxygen atoms in total. The molecule has 2 heterocycles. The van der Waals surface area contributed by atoms with Crippen LogP contribution >= 0.6 is 0 Å². The molecule has 3 rings (SSSR count). The molecule has 0 aromatic carbocycles. The van der Waals surface area contributed by atoms with Crippen LogP contribution in [0.4, 0.5) is 4.79 Å². The van der Waals surface area contributed by atoms with Gasteiger partial charge in [-0.05, 0) is 52.7 Å². The lowest BCUT2D eigenvalue weighted by Crippen LogP contribution is -2.56. The number of ether oxygens (including phenoxy) is 1. The smallest absolute Gasteiger partial charge is 0.411 e. The molecule has 0 radical (unpaired) electrons. The van der Waals surface area contributed by atoms with E-state index in [1.54, 1.807) is 4.90 Å². The van der Waals surface area contributed by atoms with Crippen LogP contribution in [-0.2, 0) is 16.1 Å². The fourth-order valence-electron chi connectivity index (χ4n) is 2.99. The minimum atomic E-state index is -0.590. The van der Waals surface area contributed by atoms with Gasteiger partial charge in [0.1, 0.15) is 11.6 Å². The molecule has 0 spiro atoms. The Hall–Kier alpha value is -1.98. The highest BCUT2D eigenvalue weighted by Crippen LogP contribution is 2.31. The van der Waals surface area contributed by atoms with Crippen molar-refractivity contribution in [3.8, 4) is 0 Å². The fourth-order valence-corrected chi connectivity index (χ4v) is 2.99. The maximum Gasteiger partial charge on any atom is 0.411 e. The molecule has 2 atom stereocenters. The average molecular weight is 319 g/mol. The molecule has 1 aromatic rings. The summed E-state index contributed by atoms with van der Waals surface area (Å²) in [6.45, 7) is 7.90. The average Bonchev–Trinajstić information content (AvgIpc) is 3.10. The number of nitrogens with zero attached hydrogens (tertiary/aromatic N) is 2. The fraction of sp³-hybridized carbons (Fsp3) is 0.647. The molecule has 1 saturated carbocycles. The number of fused-ring (bicyclic) bond motifs is 1. The second kappa shape index (κ2) is 5.58. The third kappa shape index (κ3) is 3.35. The first-order valence-corrected chi connectivity index (χ1v) is 8.23. The molecule has 23 heavy (non-hydrogen) atoms. The highest BCUT2D eigenvalue weighted by molar-refractivity contribution is 5.86. The zero-order valence-electron chi connectivity index (χ0n) is 14.2. The number of hydrogen-bond donors (Lipinski definition) is 1. The summed E-state index contributed by atoms with van der Waals surface area (Å²) < 4.78 is 7.58. The van der Waals surface area contributed by atoms with Crippen LogP contribution in [0.5, 0.6) is 0 Å². The van der Waals surface area contributed by atoms with Gasteiger partial charge < -0.3 is 14.6 Å². The Morgan fingerprint density at radius 1 is 1.30 bits per heavy atom. The molecule has 2 unspecified atom stereocenters. The standard InChI is InChI=1S/C17H25N3O3/c1-11-13-6-5-9-19(13)10-14(15(21)18-12-7-8-12)20(11)16(22)23-17(2,3)4/h5-6,9,11-12,14H,7-8,10H2,1-4H3,(H,18,21). The molecule has 6 heteroatoms. The summed E-state index contributed by atoms with van der Waals surface area (Å²) in [5.74, 6) is -0.0930. The molecule has 2 amide bonds. The van der Waals surface area contributed by atoms with Gasteiger partial charge in [-0.15, -0.1) is 0 Å². The number of carbonyl (C=O) groups excluding carboxylic acids is 2. The monoisotopic (exact) mass is 319 g/mol. The second-order valence-electron chi connectivity index (χ2n) is 7.45. The third-order valence-corrected chi connectivity index (χ3v) is 4.25. The summed E-state index contributed by atoms with van der Waals surface area (Å²) in [6, 6.07) is 3.45. The van der Waals surface area contributed by atoms with Gasteiger partial charge in [0, 0.05) is 17.9 Å². The maximum absolute atomic E-state index is 12.7. The van der Waals surface area contributed by atoms with Crippen LogP contribution in [0.25, 0.3) is 0 Å². The number of nitrogens with one attached hydrogen (secondary N) is 1. The summed E-state index contributed by atoms with van der Waals surface area (Å²) in [5.41, 5.74) is 0.430. The zero-order valence-corrected chi connectivity index (χ0v) is 14.2. The number of hydrogen-bond acceptors (Lipinski definition) is 3. The van der Waals surface area contributed by atoms with Crippen molar-refractivity contribution in [2.24, 2.45) is 0 Å². The highest BCUT2D eigenvalue weighted by Gasteiger charge is 2.42. The van der Waals surface area contributed by atoms with E-state index in [-0.39, 0.29) is 18.0 Å². The van der Waals surface area contributed by atoms with Crippen molar-refractivity contribution < 1.29 is 14.3 Å². The lowest BCUT2D eigenvalue weighted by molar-refractivity contribution is -0.129. The van der Waals surface area contributed by atoms with Crippen molar-refractivity contribution in [1.29, 1.82) is 0 Å². The first-order valence-electron chi connectivity index (χ1n) is 8.23. The van der Waals surface area contributed by atoms with E-state index >= 15 is 0 Å². The highest BCUT2D eigenvalue weighted by atomic mass is 16.6. The lowest BCUT2D eigenvalue weighted by atomic mass is 10.1. The van der Waals surface area contributed by atoms with Gasteiger partial charge in [0.25, 0.3) is 0 Å². The second-order valence-corrected chi connectivity index (χ2v) is 7.45. The van der Waals surface area contributed by atoms with Gasteiger partial charge >= 0.3 is 6.09 Å². The van der Waals surface area contributed by atoms with E-state index in [0.29, 0.717) is 6.54 Å². The van der Waals surface area contributed by atoms with Crippen LogP contribution in [0.2, 0.25) is 0 Å². The van der Waals surface area contributed by atoms with Crippen molar-refractivity contribution in [3.05, 3.63) is 24.0 Å². The molecule has 1 N–H and O–H groups in total. The van der Waals surface area contributed by atoms with Gasteiger partial charge in [-0.3, -0.25) is 9.69 Å². The van der Waals surface area contributed by atoms with Crippen molar-refractivity contribution >= 4 is 12.0 Å². The molecular formula is C17H25N3O3. The van der Waals surface area contributed by atoms with E-state index in [1.807, 2.05) is 50.6 Å². The Labute approximate surface area is 136 Å². The summed E-state index contributed by atoms with van der Waals surface area (Å²) >= 11 is 0. The minimum Gasteiger partial charge on any atom is -0.444 e. The van der Waals surface area contributed by atoms with E-state index in [1.165, 1.54) is 0 Å². The van der Waals surface area contributed by atoms with Gasteiger partial charge in [0.2, 0.25) is 5.91 Å². The van der Waals surface area contributed by atoms with Gasteiger partial charge in [-0.1, -0.05) is 0 Å². The Bertz CT molecular complexity index is 613. The van der Waals surface area contributed by atoms with Gasteiger partial charge in [0.05, 0.1) is 12.6 Å². The largest absolute Gasteiger partial charge is 0.444 e. The van der Waals surface area contributed by atoms with Crippen molar-refractivity contribution in [2.45, 2.75) is 70.8 Å². The predicted octanol–water partition coefficient (Wildman–Crippen LogP) is 2.45. The first kappa shape index (κ1) is 15.9. The molecule has 1 aliphatic heterocycles. The summed E-state index contributed by atoms with van der Waals surface area (Å²) in [5, 5.41) is 3.01. The van der Waals surface area contributed by atoms with E-state index < -0.39 is 17.7 Å². The minimum absolute atomic E-state index is 0.0930. The summed E-state index contributed by atoms with van der Waals surface area (Å²) in [4.78, 5) is 26.9. The van der Waals surface area contributed by atoms with Crippen molar-refractivity contribution in [1.82, 2.24) is 14.8 Å². The molecule has 0 saturated heterocycles. The first-order chi connectivity index (χ1) is 10.8. The van der Waals surface area contributed by atoms with E-state index in [9.17, 15) is 9.59 Å². The number of rotatable bonds is 2. The number of aromatic nitrogens is 1. The third-order valence-electron chi connectivity index (χ3n) is 4.25. The molecule has 126 valence electrons. The van der Waals surface area contributed by atoms with Crippen LogP contribution in [0, 0.1) is 0 Å². The molecule has 1 aliphatic carbocycles. The molecule has 0 bridgehead atoms. The van der Waals surface area contributed by atoms with Gasteiger partial charge in [-0.25, -0.2) is 4.79 Å². The van der Waals surface area contributed by atoms with Gasteiger partial charge in [0.15, 0.2) is 0 Å². The van der Waals surface area contributed by atoms with Crippen molar-refractivity contribution in [2.75, 3.05) is 0 Å². The zero-order chi connectivity index (χ0) is 16.8. The molecule has 1 fully saturated rings. The molecule has 2 aliphatic rings. The van der Waals surface area contributed by atoms with Crippen LogP contribution < -0.4 is 5.32 Å². The van der Waals surface area contributed by atoms with Crippen LogP contribution in [0.1, 0.15) is 52.3 Å². The number of amides is 2. The Kier molecular flexibility index (Phi) is 3.86. The van der Waals surface area contributed by atoms with Crippen LogP contribution in [-0.4, -0.2) is 39.2 Å². The number of carbonyl (C=O) groups is 2. The van der Waals surface area contributed by atoms with Crippen LogP contribution in [0.15, 0.2) is 18.3 Å². The van der Waals surface area contributed by atoms with E-state index in [2.05, 4.69) is 5.32 Å². The van der Waals surface area contributed by atoms with Gasteiger partial charge in [-0.2, -0.15) is 0 Å². The van der Waals surface area contributed by atoms with Crippen molar-refractivity contribution in [3.63, 3.8) is 0 Å². The van der Waals surface area contributed by atoms with Crippen LogP contribution in [0.3, 0.4) is 0 Å². The normalized spacial score (nSPS) is 24.1.